The number of hydrogen-bond acceptors (Lipinski definition) is 4. The fourth-order valence-corrected chi connectivity index (χ4v) is 2.07. The molecule has 1 aliphatic rings. The second-order valence-electron chi connectivity index (χ2n) is 4.08. The first kappa shape index (κ1) is 11.6. The predicted molar refractivity (Wildman–Crippen MR) is 59.2 cm³/mol. The van der Waals surface area contributed by atoms with Crippen molar-refractivity contribution in [2.45, 2.75) is 12.8 Å². The average Bonchev–Trinajstić information content (AvgIpc) is 2.91. The van der Waals surface area contributed by atoms with Gasteiger partial charge in [0.15, 0.2) is 0 Å². The van der Waals surface area contributed by atoms with Crippen molar-refractivity contribution in [2.75, 3.05) is 20.2 Å². The minimum atomic E-state index is -0.243. The fraction of sp³-hybridized carbons (Fsp3) is 0.545. The number of hydrogen-bond donors (Lipinski definition) is 1. The summed E-state index contributed by atoms with van der Waals surface area (Å²) in [6.07, 6.45) is 3.13. The molecule has 17 heavy (non-hydrogen) atoms. The summed E-state index contributed by atoms with van der Waals surface area (Å²) in [6.45, 7) is 1.09. The first-order valence-corrected chi connectivity index (χ1v) is 5.59. The number of ether oxygens (including phenoxy) is 1. The molecule has 1 aliphatic heterocycles. The maximum Gasteiger partial charge on any atom is 0.310 e. The number of aromatic amines is 1. The van der Waals surface area contributed by atoms with Crippen molar-refractivity contribution < 1.29 is 14.3 Å². The van der Waals surface area contributed by atoms with E-state index in [1.54, 1.807) is 11.0 Å². The van der Waals surface area contributed by atoms with Crippen LogP contribution in [-0.4, -0.2) is 47.2 Å². The molecule has 1 unspecified atom stereocenters. The van der Waals surface area contributed by atoms with E-state index in [4.69, 9.17) is 4.74 Å². The lowest BCUT2D eigenvalue weighted by Gasteiger charge is -2.30. The summed E-state index contributed by atoms with van der Waals surface area (Å²) in [6, 6.07) is 1.63. The lowest BCUT2D eigenvalue weighted by Crippen LogP contribution is -2.42. The van der Waals surface area contributed by atoms with Crippen molar-refractivity contribution in [1.82, 2.24) is 15.1 Å². The predicted octanol–water partition coefficient (Wildman–Crippen LogP) is 0.435. The van der Waals surface area contributed by atoms with Crippen molar-refractivity contribution in [1.29, 1.82) is 0 Å². The summed E-state index contributed by atoms with van der Waals surface area (Å²) in [4.78, 5) is 25.1. The van der Waals surface area contributed by atoms with Gasteiger partial charge in [0, 0.05) is 19.3 Å². The van der Waals surface area contributed by atoms with Crippen LogP contribution in [0.15, 0.2) is 12.3 Å². The van der Waals surface area contributed by atoms with E-state index in [1.807, 2.05) is 0 Å². The summed E-state index contributed by atoms with van der Waals surface area (Å²) in [5.41, 5.74) is 0.454. The summed E-state index contributed by atoms with van der Waals surface area (Å²) in [5, 5.41) is 6.38. The molecule has 2 heterocycles. The van der Waals surface area contributed by atoms with Gasteiger partial charge in [0.05, 0.1) is 13.0 Å². The van der Waals surface area contributed by atoms with Gasteiger partial charge in [0.2, 0.25) is 0 Å². The number of carbonyl (C=O) groups excluding carboxylic acids is 2. The number of esters is 1. The zero-order valence-corrected chi connectivity index (χ0v) is 9.68. The van der Waals surface area contributed by atoms with Crippen molar-refractivity contribution in [2.24, 2.45) is 5.92 Å². The molecule has 0 radical (unpaired) electrons. The van der Waals surface area contributed by atoms with Crippen molar-refractivity contribution >= 4 is 11.9 Å². The molecule has 92 valence electrons. The molecular weight excluding hydrogens is 222 g/mol. The third kappa shape index (κ3) is 2.46. The maximum atomic E-state index is 12.0. The SMILES string of the molecule is COC(=O)C1CCCN(C(=O)c2ccn[nH]2)C1. The molecule has 0 aliphatic carbocycles. The zero-order chi connectivity index (χ0) is 12.3. The van der Waals surface area contributed by atoms with Crippen LogP contribution in [0.25, 0.3) is 0 Å². The van der Waals surface area contributed by atoms with Crippen LogP contribution in [-0.2, 0) is 9.53 Å². The topological polar surface area (TPSA) is 75.3 Å². The van der Waals surface area contributed by atoms with Crippen molar-refractivity contribution in [3.8, 4) is 0 Å². The summed E-state index contributed by atoms with van der Waals surface area (Å²) in [7, 11) is 1.37. The number of piperidine rings is 1. The molecule has 1 aromatic rings. The number of nitrogens with one attached hydrogen (secondary N) is 1. The summed E-state index contributed by atoms with van der Waals surface area (Å²) >= 11 is 0. The highest BCUT2D eigenvalue weighted by Crippen LogP contribution is 2.19. The first-order chi connectivity index (χ1) is 8.22. The Labute approximate surface area is 98.9 Å². The number of methoxy groups -OCH3 is 1. The molecule has 6 nitrogen and oxygen atoms in total. The van der Waals surface area contributed by atoms with E-state index in [-0.39, 0.29) is 17.8 Å². The third-order valence-corrected chi connectivity index (χ3v) is 2.97. The van der Waals surface area contributed by atoms with Crippen molar-refractivity contribution in [3.05, 3.63) is 18.0 Å². The van der Waals surface area contributed by atoms with Gasteiger partial charge in [-0.25, -0.2) is 0 Å². The van der Waals surface area contributed by atoms with Crippen LogP contribution in [0, 0.1) is 5.92 Å². The van der Waals surface area contributed by atoms with Gasteiger partial charge in [0.25, 0.3) is 5.91 Å². The Kier molecular flexibility index (Phi) is 3.41. The Bertz CT molecular complexity index is 402. The van der Waals surface area contributed by atoms with Gasteiger partial charge in [-0.1, -0.05) is 0 Å². The fourth-order valence-electron chi connectivity index (χ4n) is 2.07. The number of aromatic nitrogens is 2. The molecule has 1 saturated heterocycles. The van der Waals surface area contributed by atoms with E-state index < -0.39 is 0 Å². The molecule has 2 rings (SSSR count). The molecule has 0 spiro atoms. The van der Waals surface area contributed by atoms with E-state index in [0.717, 1.165) is 12.8 Å². The Morgan fingerprint density at radius 1 is 1.59 bits per heavy atom. The highest BCUT2D eigenvalue weighted by Gasteiger charge is 2.29. The van der Waals surface area contributed by atoms with Gasteiger partial charge < -0.3 is 9.64 Å². The molecule has 1 fully saturated rings. The Balaban J connectivity index is 2.02. The van der Waals surface area contributed by atoms with Crippen LogP contribution in [0.5, 0.6) is 0 Å². The van der Waals surface area contributed by atoms with Gasteiger partial charge >= 0.3 is 5.97 Å². The Morgan fingerprint density at radius 2 is 2.41 bits per heavy atom. The summed E-state index contributed by atoms with van der Waals surface area (Å²) in [5.74, 6) is -0.566. The molecule has 0 aromatic carbocycles. The second kappa shape index (κ2) is 4.99. The third-order valence-electron chi connectivity index (χ3n) is 2.97. The van der Waals surface area contributed by atoms with Crippen LogP contribution in [0.4, 0.5) is 0 Å². The molecule has 1 N–H and O–H groups in total. The largest absolute Gasteiger partial charge is 0.469 e. The first-order valence-electron chi connectivity index (χ1n) is 5.59. The van der Waals surface area contributed by atoms with Crippen LogP contribution in [0.1, 0.15) is 23.3 Å². The highest BCUT2D eigenvalue weighted by atomic mass is 16.5. The quantitative estimate of drug-likeness (QED) is 0.757. The van der Waals surface area contributed by atoms with E-state index >= 15 is 0 Å². The van der Waals surface area contributed by atoms with Crippen LogP contribution in [0.3, 0.4) is 0 Å². The van der Waals surface area contributed by atoms with E-state index in [9.17, 15) is 9.59 Å². The van der Waals surface area contributed by atoms with Gasteiger partial charge in [-0.05, 0) is 18.9 Å². The van der Waals surface area contributed by atoms with Crippen LogP contribution >= 0.6 is 0 Å². The smallest absolute Gasteiger partial charge is 0.310 e. The number of nitrogens with zero attached hydrogens (tertiary/aromatic N) is 2. The number of carbonyl (C=O) groups is 2. The van der Waals surface area contributed by atoms with Gasteiger partial charge in [0.1, 0.15) is 5.69 Å². The Morgan fingerprint density at radius 3 is 3.06 bits per heavy atom. The lowest BCUT2D eigenvalue weighted by molar-refractivity contribution is -0.146. The van der Waals surface area contributed by atoms with Gasteiger partial charge in [-0.15, -0.1) is 0 Å². The lowest BCUT2D eigenvalue weighted by atomic mass is 9.98. The number of amides is 1. The maximum absolute atomic E-state index is 12.0. The number of likely N-dealkylation sites (tertiary alicyclic amines) is 1. The van der Waals surface area contributed by atoms with E-state index in [1.165, 1.54) is 13.3 Å². The van der Waals surface area contributed by atoms with Gasteiger partial charge in [-0.2, -0.15) is 5.10 Å². The monoisotopic (exact) mass is 237 g/mol. The average molecular weight is 237 g/mol. The van der Waals surface area contributed by atoms with E-state index in [0.29, 0.717) is 18.8 Å². The number of H-pyrrole nitrogens is 1. The zero-order valence-electron chi connectivity index (χ0n) is 9.68. The van der Waals surface area contributed by atoms with Crippen LogP contribution < -0.4 is 0 Å². The van der Waals surface area contributed by atoms with Crippen LogP contribution in [0.2, 0.25) is 0 Å². The highest BCUT2D eigenvalue weighted by molar-refractivity contribution is 5.92. The summed E-state index contributed by atoms with van der Waals surface area (Å²) < 4.78 is 4.71. The van der Waals surface area contributed by atoms with Crippen molar-refractivity contribution in [3.63, 3.8) is 0 Å². The Hall–Kier alpha value is -1.85. The minimum Gasteiger partial charge on any atom is -0.469 e. The minimum absolute atomic E-state index is 0.115. The molecule has 1 atom stereocenters. The normalized spacial score (nSPS) is 20.1. The second-order valence-corrected chi connectivity index (χ2v) is 4.08. The molecule has 0 saturated carbocycles. The van der Waals surface area contributed by atoms with E-state index in [2.05, 4.69) is 10.2 Å². The number of rotatable bonds is 2. The molecule has 1 aromatic heterocycles. The molecule has 0 bridgehead atoms. The standard InChI is InChI=1S/C11H15N3O3/c1-17-11(16)8-3-2-6-14(7-8)10(15)9-4-5-12-13-9/h4-5,8H,2-3,6-7H2,1H3,(H,12,13). The molecule has 1 amide bonds. The molecule has 6 heteroatoms. The molecular formula is C11H15N3O3. The van der Waals surface area contributed by atoms with Gasteiger partial charge in [-0.3, -0.25) is 14.7 Å².